The van der Waals surface area contributed by atoms with Gasteiger partial charge in [0, 0.05) is 5.54 Å². The third kappa shape index (κ3) is 2.96. The van der Waals surface area contributed by atoms with E-state index in [1.807, 2.05) is 0 Å². The monoisotopic (exact) mass is 199 g/mol. The molecule has 1 aliphatic rings. The summed E-state index contributed by atoms with van der Waals surface area (Å²) in [5, 5.41) is 13.1. The Bertz CT molecular complexity index is 160. The van der Waals surface area contributed by atoms with E-state index in [1.165, 1.54) is 6.42 Å². The minimum Gasteiger partial charge on any atom is -0.394 e. The van der Waals surface area contributed by atoms with Crippen molar-refractivity contribution in [1.82, 2.24) is 5.32 Å². The lowest BCUT2D eigenvalue weighted by molar-refractivity contribution is 0.0762. The first-order valence-electron chi connectivity index (χ1n) is 5.98. The van der Waals surface area contributed by atoms with E-state index >= 15 is 0 Å². The summed E-state index contributed by atoms with van der Waals surface area (Å²) in [6, 6.07) is 0. The Morgan fingerprint density at radius 1 is 1.29 bits per heavy atom. The Labute approximate surface area is 88.1 Å². The zero-order chi connectivity index (χ0) is 10.6. The molecule has 2 unspecified atom stereocenters. The molecule has 2 nitrogen and oxygen atoms in total. The molecular formula is C12H25NO. The lowest BCUT2D eigenvalue weighted by Crippen LogP contribution is -2.53. The van der Waals surface area contributed by atoms with Crippen molar-refractivity contribution in [2.75, 3.05) is 13.2 Å². The number of rotatable bonds is 4. The number of aliphatic hydroxyl groups excluding tert-OH is 1. The van der Waals surface area contributed by atoms with Gasteiger partial charge in [0.2, 0.25) is 0 Å². The van der Waals surface area contributed by atoms with Crippen molar-refractivity contribution in [2.24, 2.45) is 11.8 Å². The van der Waals surface area contributed by atoms with E-state index in [-0.39, 0.29) is 5.54 Å². The number of hydrogen-bond acceptors (Lipinski definition) is 2. The summed E-state index contributed by atoms with van der Waals surface area (Å²) in [6.45, 7) is 8.09. The van der Waals surface area contributed by atoms with Gasteiger partial charge in [-0.2, -0.15) is 0 Å². The first-order valence-corrected chi connectivity index (χ1v) is 5.98. The third-order valence-corrected chi connectivity index (χ3v) is 3.34. The van der Waals surface area contributed by atoms with E-state index in [0.717, 1.165) is 37.6 Å². The molecule has 84 valence electrons. The Morgan fingerprint density at radius 3 is 2.29 bits per heavy atom. The van der Waals surface area contributed by atoms with Crippen molar-refractivity contribution >= 4 is 0 Å². The van der Waals surface area contributed by atoms with Crippen LogP contribution in [0.3, 0.4) is 0 Å². The van der Waals surface area contributed by atoms with Gasteiger partial charge >= 0.3 is 0 Å². The summed E-state index contributed by atoms with van der Waals surface area (Å²) < 4.78 is 0. The quantitative estimate of drug-likeness (QED) is 0.727. The van der Waals surface area contributed by atoms with Crippen molar-refractivity contribution in [3.8, 4) is 0 Å². The van der Waals surface area contributed by atoms with Crippen molar-refractivity contribution in [3.05, 3.63) is 0 Å². The summed E-state index contributed by atoms with van der Waals surface area (Å²) in [6.07, 6.45) is 4.72. The summed E-state index contributed by atoms with van der Waals surface area (Å²) >= 11 is 0. The molecule has 1 saturated carbocycles. The molecular weight excluding hydrogens is 174 g/mol. The van der Waals surface area contributed by atoms with Crippen LogP contribution in [0, 0.1) is 11.8 Å². The lowest BCUT2D eigenvalue weighted by atomic mass is 9.72. The number of aliphatic hydroxyl groups is 1. The van der Waals surface area contributed by atoms with Crippen LogP contribution in [-0.2, 0) is 0 Å². The molecule has 0 aromatic carbocycles. The molecule has 2 heteroatoms. The van der Waals surface area contributed by atoms with E-state index in [1.54, 1.807) is 0 Å². The SMILES string of the molecule is CCCNC1(CO)CC(C)CC(C)C1. The van der Waals surface area contributed by atoms with E-state index in [4.69, 9.17) is 0 Å². The highest BCUT2D eigenvalue weighted by molar-refractivity contribution is 4.94. The van der Waals surface area contributed by atoms with Crippen LogP contribution in [0.4, 0.5) is 0 Å². The third-order valence-electron chi connectivity index (χ3n) is 3.34. The smallest absolute Gasteiger partial charge is 0.0613 e. The van der Waals surface area contributed by atoms with Gasteiger partial charge in [-0.25, -0.2) is 0 Å². The highest BCUT2D eigenvalue weighted by Crippen LogP contribution is 2.35. The Balaban J connectivity index is 2.57. The summed E-state index contributed by atoms with van der Waals surface area (Å²) in [5.74, 6) is 1.49. The van der Waals surface area contributed by atoms with E-state index in [9.17, 15) is 5.11 Å². The number of hydrogen-bond donors (Lipinski definition) is 2. The zero-order valence-corrected chi connectivity index (χ0v) is 9.84. The van der Waals surface area contributed by atoms with Crippen molar-refractivity contribution in [3.63, 3.8) is 0 Å². The van der Waals surface area contributed by atoms with Crippen LogP contribution in [0.5, 0.6) is 0 Å². The van der Waals surface area contributed by atoms with Crippen molar-refractivity contribution < 1.29 is 5.11 Å². The predicted molar refractivity (Wildman–Crippen MR) is 60.3 cm³/mol. The highest BCUT2D eigenvalue weighted by atomic mass is 16.3. The van der Waals surface area contributed by atoms with E-state index < -0.39 is 0 Å². The first-order chi connectivity index (χ1) is 6.62. The van der Waals surface area contributed by atoms with Gasteiger partial charge in [-0.3, -0.25) is 0 Å². The molecule has 2 N–H and O–H groups in total. The van der Waals surface area contributed by atoms with E-state index in [2.05, 4.69) is 26.1 Å². The molecule has 0 aromatic rings. The Hall–Kier alpha value is -0.0800. The molecule has 0 aliphatic heterocycles. The van der Waals surface area contributed by atoms with Gasteiger partial charge in [-0.05, 0) is 44.1 Å². The molecule has 1 rings (SSSR count). The van der Waals surface area contributed by atoms with Crippen LogP contribution in [0.2, 0.25) is 0 Å². The van der Waals surface area contributed by atoms with E-state index in [0.29, 0.717) is 6.61 Å². The van der Waals surface area contributed by atoms with Gasteiger partial charge < -0.3 is 10.4 Å². The maximum Gasteiger partial charge on any atom is 0.0613 e. The average Bonchev–Trinajstić information content (AvgIpc) is 2.13. The average molecular weight is 199 g/mol. The first kappa shape index (κ1) is 12.0. The molecule has 1 aliphatic carbocycles. The highest BCUT2D eigenvalue weighted by Gasteiger charge is 2.36. The summed E-state index contributed by atoms with van der Waals surface area (Å²) in [7, 11) is 0. The van der Waals surface area contributed by atoms with Crippen LogP contribution in [0.25, 0.3) is 0 Å². The molecule has 0 bridgehead atoms. The zero-order valence-electron chi connectivity index (χ0n) is 9.84. The van der Waals surface area contributed by atoms with Crippen molar-refractivity contribution in [1.29, 1.82) is 0 Å². The van der Waals surface area contributed by atoms with Gasteiger partial charge in [0.05, 0.1) is 6.61 Å². The van der Waals surface area contributed by atoms with Crippen LogP contribution in [0.1, 0.15) is 46.5 Å². The summed E-state index contributed by atoms with van der Waals surface area (Å²) in [5.41, 5.74) is 0.0209. The Morgan fingerprint density at radius 2 is 1.86 bits per heavy atom. The molecule has 1 fully saturated rings. The second-order valence-electron chi connectivity index (χ2n) is 5.22. The second kappa shape index (κ2) is 5.13. The number of nitrogens with one attached hydrogen (secondary N) is 1. The standard InChI is InChI=1S/C12H25NO/c1-4-5-13-12(9-14)7-10(2)6-11(3)8-12/h10-11,13-14H,4-9H2,1-3H3. The predicted octanol–water partition coefficient (Wildman–Crippen LogP) is 2.17. The topological polar surface area (TPSA) is 32.3 Å². The van der Waals surface area contributed by atoms with Crippen LogP contribution < -0.4 is 5.32 Å². The van der Waals surface area contributed by atoms with Gasteiger partial charge in [0.15, 0.2) is 0 Å². The largest absolute Gasteiger partial charge is 0.394 e. The molecule has 2 atom stereocenters. The molecule has 14 heavy (non-hydrogen) atoms. The minimum absolute atomic E-state index is 0.0209. The molecule has 0 spiro atoms. The molecule has 0 amide bonds. The van der Waals surface area contributed by atoms with Gasteiger partial charge in [-0.1, -0.05) is 20.8 Å². The molecule has 0 radical (unpaired) electrons. The fourth-order valence-electron chi connectivity index (χ4n) is 2.99. The van der Waals surface area contributed by atoms with Crippen LogP contribution >= 0.6 is 0 Å². The normalized spacial score (nSPS) is 38.6. The van der Waals surface area contributed by atoms with Crippen molar-refractivity contribution in [2.45, 2.75) is 52.0 Å². The molecule has 0 heterocycles. The van der Waals surface area contributed by atoms with Crippen LogP contribution in [-0.4, -0.2) is 23.8 Å². The Kier molecular flexibility index (Phi) is 4.39. The van der Waals surface area contributed by atoms with Gasteiger partial charge in [0.1, 0.15) is 0 Å². The molecule has 0 saturated heterocycles. The summed E-state index contributed by atoms with van der Waals surface area (Å²) in [4.78, 5) is 0. The van der Waals surface area contributed by atoms with Gasteiger partial charge in [-0.15, -0.1) is 0 Å². The lowest BCUT2D eigenvalue weighted by Gasteiger charge is -2.42. The fourth-order valence-corrected chi connectivity index (χ4v) is 2.99. The minimum atomic E-state index is 0.0209. The molecule has 0 aromatic heterocycles. The maximum atomic E-state index is 9.54. The van der Waals surface area contributed by atoms with Crippen LogP contribution in [0.15, 0.2) is 0 Å². The van der Waals surface area contributed by atoms with Gasteiger partial charge in [0.25, 0.3) is 0 Å². The fraction of sp³-hybridized carbons (Fsp3) is 1.00. The maximum absolute atomic E-state index is 9.54. The second-order valence-corrected chi connectivity index (χ2v) is 5.22.